The topological polar surface area (TPSA) is 64.3 Å². The minimum atomic E-state index is -0.819. The molecule has 0 saturated heterocycles. The molecular formula is C13H13FN2O2. The van der Waals surface area contributed by atoms with Crippen LogP contribution >= 0.6 is 0 Å². The van der Waals surface area contributed by atoms with Crippen molar-refractivity contribution in [2.45, 2.75) is 25.4 Å². The standard InChI is InChI=1S/C13H13FN2O2/c1-2-9(7-17)16-12(6-15)11-5-8(14)3-4-10(11)13(16)18/h3-5,9,12,17H,2,7H2,1H3. The molecule has 0 spiro atoms. The van der Waals surface area contributed by atoms with Gasteiger partial charge in [0.05, 0.1) is 18.7 Å². The van der Waals surface area contributed by atoms with Crippen LogP contribution in [0.25, 0.3) is 0 Å². The summed E-state index contributed by atoms with van der Waals surface area (Å²) in [5.74, 6) is -0.793. The van der Waals surface area contributed by atoms with Crippen LogP contribution in [-0.4, -0.2) is 28.6 Å². The molecular weight excluding hydrogens is 235 g/mol. The van der Waals surface area contributed by atoms with Crippen LogP contribution in [0.5, 0.6) is 0 Å². The van der Waals surface area contributed by atoms with Crippen molar-refractivity contribution in [3.05, 3.63) is 35.1 Å². The van der Waals surface area contributed by atoms with Crippen molar-refractivity contribution < 1.29 is 14.3 Å². The third-order valence-corrected chi connectivity index (χ3v) is 3.25. The molecule has 2 unspecified atom stereocenters. The fourth-order valence-electron chi connectivity index (χ4n) is 2.28. The van der Waals surface area contributed by atoms with Gasteiger partial charge < -0.3 is 10.0 Å². The fourth-order valence-corrected chi connectivity index (χ4v) is 2.28. The number of nitrogens with zero attached hydrogens (tertiary/aromatic N) is 2. The van der Waals surface area contributed by atoms with E-state index < -0.39 is 17.9 Å². The first-order valence-electron chi connectivity index (χ1n) is 5.76. The first kappa shape index (κ1) is 12.5. The molecule has 1 N–H and O–H groups in total. The third-order valence-electron chi connectivity index (χ3n) is 3.25. The summed E-state index contributed by atoms with van der Waals surface area (Å²) in [4.78, 5) is 13.5. The molecule has 1 aliphatic heterocycles. The Morgan fingerprint density at radius 2 is 2.33 bits per heavy atom. The summed E-state index contributed by atoms with van der Waals surface area (Å²) in [5, 5.41) is 18.5. The van der Waals surface area contributed by atoms with Crippen molar-refractivity contribution in [3.63, 3.8) is 0 Å². The van der Waals surface area contributed by atoms with Crippen LogP contribution in [0.1, 0.15) is 35.3 Å². The highest BCUT2D eigenvalue weighted by Gasteiger charge is 2.40. The van der Waals surface area contributed by atoms with Crippen LogP contribution in [0.4, 0.5) is 4.39 Å². The maximum Gasteiger partial charge on any atom is 0.255 e. The summed E-state index contributed by atoms with van der Waals surface area (Å²) in [5.41, 5.74) is 0.726. The zero-order valence-electron chi connectivity index (χ0n) is 9.93. The summed E-state index contributed by atoms with van der Waals surface area (Å²) < 4.78 is 13.2. The van der Waals surface area contributed by atoms with Crippen LogP contribution < -0.4 is 0 Å². The quantitative estimate of drug-likeness (QED) is 0.884. The smallest absolute Gasteiger partial charge is 0.255 e. The summed E-state index contributed by atoms with van der Waals surface area (Å²) in [6.45, 7) is 1.61. The molecule has 94 valence electrons. The monoisotopic (exact) mass is 248 g/mol. The largest absolute Gasteiger partial charge is 0.394 e. The van der Waals surface area contributed by atoms with E-state index in [-0.39, 0.29) is 12.5 Å². The Bertz CT molecular complexity index is 520. The lowest BCUT2D eigenvalue weighted by atomic mass is 10.1. The molecule has 0 fully saturated rings. The van der Waals surface area contributed by atoms with Crippen molar-refractivity contribution in [1.29, 1.82) is 5.26 Å². The minimum Gasteiger partial charge on any atom is -0.394 e. The molecule has 0 radical (unpaired) electrons. The Morgan fingerprint density at radius 1 is 1.61 bits per heavy atom. The number of carbonyl (C=O) groups excluding carboxylic acids is 1. The molecule has 0 aliphatic carbocycles. The highest BCUT2D eigenvalue weighted by atomic mass is 19.1. The van der Waals surface area contributed by atoms with Gasteiger partial charge in [-0.3, -0.25) is 4.79 Å². The van der Waals surface area contributed by atoms with Crippen molar-refractivity contribution in [1.82, 2.24) is 4.90 Å². The number of rotatable bonds is 3. The summed E-state index contributed by atoms with van der Waals surface area (Å²) in [6.07, 6.45) is 0.539. The molecule has 0 bridgehead atoms. The van der Waals surface area contributed by atoms with E-state index in [4.69, 9.17) is 0 Å². The molecule has 1 aromatic rings. The van der Waals surface area contributed by atoms with Gasteiger partial charge in [0, 0.05) is 11.1 Å². The molecule has 2 rings (SSSR count). The molecule has 0 aromatic heterocycles. The van der Waals surface area contributed by atoms with Crippen LogP contribution in [0, 0.1) is 17.1 Å². The first-order valence-corrected chi connectivity index (χ1v) is 5.76. The van der Waals surface area contributed by atoms with Gasteiger partial charge >= 0.3 is 0 Å². The third kappa shape index (κ3) is 1.75. The van der Waals surface area contributed by atoms with Gasteiger partial charge in [-0.15, -0.1) is 0 Å². The second kappa shape index (κ2) is 4.75. The number of aliphatic hydroxyl groups excluding tert-OH is 1. The van der Waals surface area contributed by atoms with E-state index in [1.165, 1.54) is 23.1 Å². The van der Waals surface area contributed by atoms with Crippen molar-refractivity contribution in [2.75, 3.05) is 6.61 Å². The molecule has 18 heavy (non-hydrogen) atoms. The number of amides is 1. The Morgan fingerprint density at radius 3 is 2.89 bits per heavy atom. The molecule has 4 nitrogen and oxygen atoms in total. The van der Waals surface area contributed by atoms with Crippen LogP contribution in [0.3, 0.4) is 0 Å². The van der Waals surface area contributed by atoms with E-state index in [9.17, 15) is 19.6 Å². The lowest BCUT2D eigenvalue weighted by molar-refractivity contribution is 0.0572. The van der Waals surface area contributed by atoms with Crippen LogP contribution in [0.2, 0.25) is 0 Å². The Balaban J connectivity index is 2.49. The Hall–Kier alpha value is -1.93. The summed E-state index contributed by atoms with van der Waals surface area (Å²) in [6, 6.07) is 4.57. The lowest BCUT2D eigenvalue weighted by Crippen LogP contribution is -2.39. The van der Waals surface area contributed by atoms with Gasteiger partial charge in [0.2, 0.25) is 0 Å². The zero-order valence-corrected chi connectivity index (χ0v) is 9.93. The maximum atomic E-state index is 13.2. The average Bonchev–Trinajstić information content (AvgIpc) is 2.64. The minimum absolute atomic E-state index is 0.211. The fraction of sp³-hybridized carbons (Fsp3) is 0.385. The number of fused-ring (bicyclic) bond motifs is 1. The normalized spacial score (nSPS) is 19.6. The van der Waals surface area contributed by atoms with E-state index in [0.717, 1.165) is 0 Å². The van der Waals surface area contributed by atoms with Crippen molar-refractivity contribution in [2.24, 2.45) is 0 Å². The van der Waals surface area contributed by atoms with E-state index in [1.54, 1.807) is 0 Å². The average molecular weight is 248 g/mol. The van der Waals surface area contributed by atoms with Gasteiger partial charge in [-0.1, -0.05) is 6.92 Å². The van der Waals surface area contributed by atoms with E-state index in [0.29, 0.717) is 17.5 Å². The molecule has 0 saturated carbocycles. The van der Waals surface area contributed by atoms with E-state index >= 15 is 0 Å². The van der Waals surface area contributed by atoms with Gasteiger partial charge in [-0.2, -0.15) is 5.26 Å². The number of halogens is 1. The number of hydrogen-bond donors (Lipinski definition) is 1. The van der Waals surface area contributed by atoms with E-state index in [2.05, 4.69) is 0 Å². The number of carbonyl (C=O) groups is 1. The van der Waals surface area contributed by atoms with Crippen LogP contribution in [-0.2, 0) is 0 Å². The van der Waals surface area contributed by atoms with Crippen LogP contribution in [0.15, 0.2) is 18.2 Å². The molecule has 1 aliphatic rings. The van der Waals surface area contributed by atoms with Gasteiger partial charge in [-0.05, 0) is 24.6 Å². The summed E-state index contributed by atoms with van der Waals surface area (Å²) >= 11 is 0. The molecule has 5 heteroatoms. The first-order chi connectivity index (χ1) is 8.63. The van der Waals surface area contributed by atoms with Gasteiger partial charge in [-0.25, -0.2) is 4.39 Å². The maximum absolute atomic E-state index is 13.2. The SMILES string of the molecule is CCC(CO)N1C(=O)c2ccc(F)cc2C1C#N. The lowest BCUT2D eigenvalue weighted by Gasteiger charge is -2.28. The predicted molar refractivity (Wildman–Crippen MR) is 62.1 cm³/mol. The molecule has 1 aromatic carbocycles. The molecule has 2 atom stereocenters. The summed E-state index contributed by atoms with van der Waals surface area (Å²) in [7, 11) is 0. The van der Waals surface area contributed by atoms with Gasteiger partial charge in [0.25, 0.3) is 5.91 Å². The number of aliphatic hydroxyl groups is 1. The zero-order chi connectivity index (χ0) is 13.3. The number of benzene rings is 1. The Labute approximate surface area is 104 Å². The van der Waals surface area contributed by atoms with Gasteiger partial charge in [0.15, 0.2) is 0 Å². The molecule has 1 amide bonds. The second-order valence-electron chi connectivity index (χ2n) is 4.22. The highest BCUT2D eigenvalue weighted by Crippen LogP contribution is 2.35. The second-order valence-corrected chi connectivity index (χ2v) is 4.22. The number of hydrogen-bond acceptors (Lipinski definition) is 3. The molecule has 1 heterocycles. The van der Waals surface area contributed by atoms with Crippen molar-refractivity contribution in [3.8, 4) is 6.07 Å². The van der Waals surface area contributed by atoms with Crippen molar-refractivity contribution >= 4 is 5.91 Å². The van der Waals surface area contributed by atoms with E-state index in [1.807, 2.05) is 13.0 Å². The number of nitriles is 1. The van der Waals surface area contributed by atoms with Gasteiger partial charge in [0.1, 0.15) is 11.9 Å². The predicted octanol–water partition coefficient (Wildman–Crippen LogP) is 1.62. The Kier molecular flexibility index (Phi) is 3.30. The highest BCUT2D eigenvalue weighted by molar-refractivity contribution is 5.99.